The molecular formula is C18H15ClN2O2. The largest absolute Gasteiger partial charge is 0.372 e. The summed E-state index contributed by atoms with van der Waals surface area (Å²) in [6.45, 7) is 0. The lowest BCUT2D eigenvalue weighted by molar-refractivity contribution is -0.131. The third kappa shape index (κ3) is 1.73. The van der Waals surface area contributed by atoms with Crippen molar-refractivity contribution >= 4 is 34.1 Å². The number of aromatic nitrogens is 1. The van der Waals surface area contributed by atoms with Crippen molar-refractivity contribution in [2.45, 2.75) is 5.60 Å². The quantitative estimate of drug-likeness (QED) is 0.747. The number of amides is 1. The lowest BCUT2D eigenvalue weighted by Gasteiger charge is -2.21. The predicted molar refractivity (Wildman–Crippen MR) is 90.8 cm³/mol. The van der Waals surface area contributed by atoms with Crippen molar-refractivity contribution in [3.8, 4) is 0 Å². The molecular weight excluding hydrogens is 312 g/mol. The Morgan fingerprint density at radius 2 is 1.83 bits per heavy atom. The van der Waals surface area contributed by atoms with Crippen molar-refractivity contribution in [3.63, 3.8) is 0 Å². The number of aliphatic hydroxyl groups is 1. The molecule has 0 spiro atoms. The Hall–Kier alpha value is -2.30. The minimum Gasteiger partial charge on any atom is -0.372 e. The van der Waals surface area contributed by atoms with Gasteiger partial charge < -0.3 is 14.6 Å². The molecule has 2 heterocycles. The Kier molecular flexibility index (Phi) is 2.86. The van der Waals surface area contributed by atoms with Crippen molar-refractivity contribution in [1.29, 1.82) is 0 Å². The molecule has 23 heavy (non-hydrogen) atoms. The Labute approximate surface area is 138 Å². The van der Waals surface area contributed by atoms with Crippen LogP contribution >= 0.6 is 11.6 Å². The van der Waals surface area contributed by atoms with E-state index in [1.165, 1.54) is 4.90 Å². The van der Waals surface area contributed by atoms with Crippen molar-refractivity contribution < 1.29 is 9.90 Å². The Balaban J connectivity index is 2.08. The van der Waals surface area contributed by atoms with Gasteiger partial charge in [0.05, 0.1) is 5.69 Å². The number of para-hydroxylation sites is 1. The first-order chi connectivity index (χ1) is 10.9. The van der Waals surface area contributed by atoms with Crippen LogP contribution in [0.15, 0.2) is 48.7 Å². The van der Waals surface area contributed by atoms with Gasteiger partial charge in [-0.1, -0.05) is 29.8 Å². The number of rotatable bonds is 1. The van der Waals surface area contributed by atoms with E-state index in [4.69, 9.17) is 11.6 Å². The highest BCUT2D eigenvalue weighted by Gasteiger charge is 2.51. The normalized spacial score (nSPS) is 20.3. The minimum absolute atomic E-state index is 0.369. The van der Waals surface area contributed by atoms with Crippen molar-refractivity contribution in [1.82, 2.24) is 4.57 Å². The zero-order valence-corrected chi connectivity index (χ0v) is 13.5. The summed E-state index contributed by atoms with van der Waals surface area (Å²) in [5.74, 6) is -0.369. The molecule has 1 aromatic heterocycles. The molecule has 0 saturated carbocycles. The lowest BCUT2D eigenvalue weighted by atomic mass is 9.87. The van der Waals surface area contributed by atoms with E-state index in [2.05, 4.69) is 0 Å². The van der Waals surface area contributed by atoms with Crippen LogP contribution in [0.3, 0.4) is 0 Å². The maximum Gasteiger partial charge on any atom is 0.268 e. The van der Waals surface area contributed by atoms with E-state index in [0.717, 1.165) is 10.9 Å². The number of benzene rings is 2. The smallest absolute Gasteiger partial charge is 0.268 e. The van der Waals surface area contributed by atoms with E-state index in [1.807, 2.05) is 42.1 Å². The molecule has 1 atom stereocenters. The van der Waals surface area contributed by atoms with Gasteiger partial charge in [0.15, 0.2) is 5.60 Å². The molecule has 3 aromatic rings. The van der Waals surface area contributed by atoms with Crippen LogP contribution in [0.5, 0.6) is 0 Å². The first-order valence-corrected chi connectivity index (χ1v) is 7.67. The first-order valence-electron chi connectivity index (χ1n) is 7.29. The maximum atomic E-state index is 12.9. The van der Waals surface area contributed by atoms with Crippen LogP contribution in [0.4, 0.5) is 5.69 Å². The molecule has 116 valence electrons. The summed E-state index contributed by atoms with van der Waals surface area (Å²) in [6, 6.07) is 12.9. The number of likely N-dealkylation sites (N-methyl/N-ethyl adjacent to an activating group) is 1. The monoisotopic (exact) mass is 326 g/mol. The number of carbonyl (C=O) groups is 1. The fourth-order valence-electron chi connectivity index (χ4n) is 3.45. The molecule has 0 fully saturated rings. The molecule has 1 amide bonds. The van der Waals surface area contributed by atoms with Gasteiger partial charge in [-0.15, -0.1) is 0 Å². The van der Waals surface area contributed by atoms with Gasteiger partial charge in [0.25, 0.3) is 5.91 Å². The lowest BCUT2D eigenvalue weighted by Crippen LogP contribution is -2.39. The predicted octanol–water partition coefficient (Wildman–Crippen LogP) is 3.04. The van der Waals surface area contributed by atoms with Crippen LogP contribution in [-0.2, 0) is 17.4 Å². The van der Waals surface area contributed by atoms with E-state index in [0.29, 0.717) is 21.8 Å². The van der Waals surface area contributed by atoms with Crippen molar-refractivity contribution in [2.75, 3.05) is 11.9 Å². The fraction of sp³-hybridized carbons (Fsp3) is 0.167. The summed E-state index contributed by atoms with van der Waals surface area (Å²) in [5, 5.41) is 12.8. The van der Waals surface area contributed by atoms with E-state index < -0.39 is 5.60 Å². The highest BCUT2D eigenvalue weighted by Crippen LogP contribution is 2.46. The van der Waals surface area contributed by atoms with E-state index in [9.17, 15) is 9.90 Å². The zero-order chi connectivity index (χ0) is 16.4. The topological polar surface area (TPSA) is 45.5 Å². The standard InChI is InChI=1S/C18H15ClN2O2/c1-20-10-14(12-5-3-4-6-15(12)20)18(23)13-9-11(19)7-8-16(13)21(2)17(18)22/h3-10,23H,1-2H3/t18-/m0/s1. The van der Waals surface area contributed by atoms with E-state index in [-0.39, 0.29) is 5.91 Å². The molecule has 5 heteroatoms. The van der Waals surface area contributed by atoms with Crippen LogP contribution < -0.4 is 4.90 Å². The second kappa shape index (κ2) is 4.60. The molecule has 4 nitrogen and oxygen atoms in total. The summed E-state index contributed by atoms with van der Waals surface area (Å²) in [6.07, 6.45) is 1.81. The highest BCUT2D eigenvalue weighted by molar-refractivity contribution is 6.31. The van der Waals surface area contributed by atoms with Crippen LogP contribution in [0.2, 0.25) is 5.02 Å². The number of anilines is 1. The van der Waals surface area contributed by atoms with Crippen LogP contribution in [0.1, 0.15) is 11.1 Å². The number of aryl methyl sites for hydroxylation is 1. The molecule has 1 N–H and O–H groups in total. The van der Waals surface area contributed by atoms with Gasteiger partial charge in [-0.3, -0.25) is 4.79 Å². The molecule has 0 radical (unpaired) electrons. The van der Waals surface area contributed by atoms with E-state index in [1.54, 1.807) is 25.2 Å². The van der Waals surface area contributed by atoms with Gasteiger partial charge in [0.1, 0.15) is 0 Å². The number of carbonyl (C=O) groups excluding carboxylic acids is 1. The first kappa shape index (κ1) is 14.3. The number of fused-ring (bicyclic) bond motifs is 2. The van der Waals surface area contributed by atoms with Gasteiger partial charge in [-0.2, -0.15) is 0 Å². The Bertz CT molecular complexity index is 963. The third-order valence-corrected chi connectivity index (χ3v) is 4.85. The summed E-state index contributed by atoms with van der Waals surface area (Å²) >= 11 is 6.11. The van der Waals surface area contributed by atoms with Crippen molar-refractivity contribution in [2.24, 2.45) is 7.05 Å². The Morgan fingerprint density at radius 1 is 1.09 bits per heavy atom. The van der Waals surface area contributed by atoms with Crippen LogP contribution in [0, 0.1) is 0 Å². The second-order valence-corrected chi connectivity index (χ2v) is 6.34. The number of hydrogen-bond acceptors (Lipinski definition) is 2. The molecule has 0 saturated heterocycles. The number of nitrogens with zero attached hydrogens (tertiary/aromatic N) is 2. The van der Waals surface area contributed by atoms with Gasteiger partial charge in [0, 0.05) is 47.3 Å². The maximum absolute atomic E-state index is 12.9. The van der Waals surface area contributed by atoms with Gasteiger partial charge in [0.2, 0.25) is 0 Å². The van der Waals surface area contributed by atoms with Crippen molar-refractivity contribution in [3.05, 3.63) is 64.8 Å². The fourth-order valence-corrected chi connectivity index (χ4v) is 3.62. The van der Waals surface area contributed by atoms with Crippen LogP contribution in [-0.4, -0.2) is 22.6 Å². The summed E-state index contributed by atoms with van der Waals surface area (Å²) < 4.78 is 1.92. The third-order valence-electron chi connectivity index (χ3n) is 4.61. The Morgan fingerprint density at radius 3 is 2.61 bits per heavy atom. The van der Waals surface area contributed by atoms with E-state index >= 15 is 0 Å². The molecule has 0 unspecified atom stereocenters. The highest BCUT2D eigenvalue weighted by atomic mass is 35.5. The number of halogens is 1. The molecule has 4 rings (SSSR count). The second-order valence-electron chi connectivity index (χ2n) is 5.91. The average molecular weight is 327 g/mol. The zero-order valence-electron chi connectivity index (χ0n) is 12.7. The minimum atomic E-state index is -1.73. The summed E-state index contributed by atoms with van der Waals surface area (Å²) in [4.78, 5) is 14.4. The van der Waals surface area contributed by atoms with Gasteiger partial charge in [-0.25, -0.2) is 0 Å². The van der Waals surface area contributed by atoms with Crippen LogP contribution in [0.25, 0.3) is 10.9 Å². The molecule has 0 bridgehead atoms. The van der Waals surface area contributed by atoms with Gasteiger partial charge >= 0.3 is 0 Å². The van der Waals surface area contributed by atoms with Gasteiger partial charge in [-0.05, 0) is 24.3 Å². The molecule has 0 aliphatic carbocycles. The molecule has 1 aliphatic heterocycles. The number of hydrogen-bond donors (Lipinski definition) is 1. The molecule has 1 aliphatic rings. The average Bonchev–Trinajstić information content (AvgIpc) is 2.98. The molecule has 2 aromatic carbocycles. The SMILES string of the molecule is CN1C(=O)[C@@](O)(c2cn(C)c3ccccc23)c2cc(Cl)ccc21. The summed E-state index contributed by atoms with van der Waals surface area (Å²) in [5.41, 5.74) is 1.01. The summed E-state index contributed by atoms with van der Waals surface area (Å²) in [7, 11) is 3.56.